The number of fused-ring (bicyclic) bond motifs is 3. The van der Waals surface area contributed by atoms with Crippen molar-refractivity contribution >= 4 is 5.69 Å². The van der Waals surface area contributed by atoms with Crippen LogP contribution in [-0.2, 0) is 19.2 Å². The molecule has 120 valence electrons. The monoisotopic (exact) mass is 381 g/mol. The van der Waals surface area contributed by atoms with Crippen molar-refractivity contribution in [3.8, 4) is 11.1 Å². The van der Waals surface area contributed by atoms with Crippen molar-refractivity contribution in [2.75, 3.05) is 5.32 Å². The molecule has 1 N–H and O–H groups in total. The van der Waals surface area contributed by atoms with E-state index in [2.05, 4.69) is 68.6 Å². The van der Waals surface area contributed by atoms with Gasteiger partial charge in [0.05, 0.1) is 0 Å². The van der Waals surface area contributed by atoms with Crippen LogP contribution in [0.3, 0.4) is 0 Å². The zero-order chi connectivity index (χ0) is 14.6. The van der Waals surface area contributed by atoms with Crippen LogP contribution in [-0.4, -0.2) is 5.54 Å². The van der Waals surface area contributed by atoms with Crippen LogP contribution in [0.4, 0.5) is 5.69 Å². The molecule has 1 saturated heterocycles. The van der Waals surface area contributed by atoms with Gasteiger partial charge in [-0.2, -0.15) is 0 Å². The van der Waals surface area contributed by atoms with Crippen LogP contribution in [0.5, 0.6) is 0 Å². The molecule has 0 aromatic heterocycles. The van der Waals surface area contributed by atoms with Crippen molar-refractivity contribution in [1.29, 1.82) is 0 Å². The van der Waals surface area contributed by atoms with Gasteiger partial charge in [0.25, 0.3) is 0 Å². The van der Waals surface area contributed by atoms with Gasteiger partial charge in [-0.15, -0.1) is 0 Å². The molecule has 2 unspecified atom stereocenters. The summed E-state index contributed by atoms with van der Waals surface area (Å²) in [4.78, 5) is 0. The number of hydrogen-bond acceptors (Lipinski definition) is 1. The number of nitrogens with one attached hydrogen (secondary N) is 1. The maximum atomic E-state index is 3.74. The van der Waals surface area contributed by atoms with Crippen LogP contribution in [0.1, 0.15) is 37.8 Å². The Kier molecular flexibility index (Phi) is 5.58. The third kappa shape index (κ3) is 3.49. The summed E-state index contributed by atoms with van der Waals surface area (Å²) in [6.07, 6.45) is 0. The minimum absolute atomic E-state index is 0. The average Bonchev–Trinajstić information content (AvgIpc) is 3.20. The summed E-state index contributed by atoms with van der Waals surface area (Å²) < 4.78 is 2.47. The Bertz CT molecular complexity index is 705. The predicted octanol–water partition coefficient (Wildman–Crippen LogP) is -0.680. The number of anilines is 1. The van der Waals surface area contributed by atoms with Gasteiger partial charge in [-0.3, -0.25) is 0 Å². The molecule has 1 nitrogen and oxygen atoms in total. The molecule has 1 aliphatic carbocycles. The van der Waals surface area contributed by atoms with Crippen molar-refractivity contribution in [3.05, 3.63) is 53.6 Å². The number of halogens is 2. The molecule has 0 saturated carbocycles. The number of rotatable bonds is 2. The first kappa shape index (κ1) is 18.9. The van der Waals surface area contributed by atoms with Crippen molar-refractivity contribution in [2.45, 2.75) is 41.2 Å². The maximum absolute atomic E-state index is 3.74. The third-order valence-corrected chi connectivity index (χ3v) is 6.25. The fourth-order valence-electron chi connectivity index (χ4n) is 3.54. The first-order chi connectivity index (χ1) is 10.0. The summed E-state index contributed by atoms with van der Waals surface area (Å²) >= 11 is 0.306. The van der Waals surface area contributed by atoms with Crippen LogP contribution >= 0.6 is 0 Å². The maximum Gasteiger partial charge on any atom is -1.00 e. The van der Waals surface area contributed by atoms with Gasteiger partial charge in [0.1, 0.15) is 0 Å². The summed E-state index contributed by atoms with van der Waals surface area (Å²) in [6, 6.07) is 15.8. The van der Waals surface area contributed by atoms with E-state index in [9.17, 15) is 0 Å². The average molecular weight is 382 g/mol. The zero-order valence-electron chi connectivity index (χ0n) is 13.7. The van der Waals surface area contributed by atoms with Crippen LogP contribution < -0.4 is 30.1 Å². The van der Waals surface area contributed by atoms with Crippen molar-refractivity contribution < 1.29 is 44.0 Å². The normalized spacial score (nSPS) is 20.0. The molecule has 2 aromatic rings. The molecule has 1 heterocycles. The molecule has 4 rings (SSSR count). The fourth-order valence-corrected chi connectivity index (χ4v) is 5.03. The van der Waals surface area contributed by atoms with Crippen LogP contribution in [0.2, 0.25) is 8.95 Å². The Labute approximate surface area is 160 Å². The van der Waals surface area contributed by atoms with E-state index < -0.39 is 0 Å². The second kappa shape index (κ2) is 6.80. The van der Waals surface area contributed by atoms with Gasteiger partial charge in [-0.1, -0.05) is 0 Å². The molecular formula is C19H21Cl2NTi. The van der Waals surface area contributed by atoms with E-state index in [1.807, 2.05) is 0 Å². The molecule has 0 radical (unpaired) electrons. The van der Waals surface area contributed by atoms with Gasteiger partial charge in [0.15, 0.2) is 0 Å². The van der Waals surface area contributed by atoms with Gasteiger partial charge in [-0.05, 0) is 0 Å². The molecule has 23 heavy (non-hydrogen) atoms. The molecule has 1 fully saturated rings. The minimum atomic E-state index is 0. The van der Waals surface area contributed by atoms with Crippen LogP contribution in [0, 0.1) is 0 Å². The predicted molar refractivity (Wildman–Crippen MR) is 85.7 cm³/mol. The second-order valence-corrected chi connectivity index (χ2v) is 9.65. The summed E-state index contributed by atoms with van der Waals surface area (Å²) in [6.45, 7) is 6.73. The molecule has 2 atom stereocenters. The van der Waals surface area contributed by atoms with Crippen LogP contribution in [0.15, 0.2) is 42.5 Å². The summed E-state index contributed by atoms with van der Waals surface area (Å²) in [5, 5.41) is 3.74. The zero-order valence-corrected chi connectivity index (χ0v) is 16.7. The first-order valence-electron chi connectivity index (χ1n) is 7.78. The van der Waals surface area contributed by atoms with E-state index >= 15 is 0 Å². The van der Waals surface area contributed by atoms with E-state index in [4.69, 9.17) is 0 Å². The second-order valence-electron chi connectivity index (χ2n) is 7.22. The SMILES string of the molecule is CC(C)(C)Nc1cccc2c1C([CH]1[CH2][Ti+2]1)c1ccccc1-2.[Cl-].[Cl-]. The summed E-state index contributed by atoms with van der Waals surface area (Å²) in [7, 11) is 0. The van der Waals surface area contributed by atoms with Gasteiger partial charge < -0.3 is 24.8 Å². The van der Waals surface area contributed by atoms with Crippen LogP contribution in [0.25, 0.3) is 11.1 Å². The number of hydrogen-bond donors (Lipinski definition) is 1. The quantitative estimate of drug-likeness (QED) is 0.680. The largest absolute Gasteiger partial charge is 1.00 e. The van der Waals surface area contributed by atoms with Gasteiger partial charge >= 0.3 is 136 Å². The van der Waals surface area contributed by atoms with Gasteiger partial charge in [-0.25, -0.2) is 0 Å². The van der Waals surface area contributed by atoms with E-state index in [1.54, 1.807) is 11.1 Å². The summed E-state index contributed by atoms with van der Waals surface area (Å²) in [5.41, 5.74) is 7.52. The molecule has 1 aliphatic heterocycles. The minimum Gasteiger partial charge on any atom is -1.00 e. The Morgan fingerprint density at radius 2 is 1.61 bits per heavy atom. The van der Waals surface area contributed by atoms with E-state index in [0.717, 1.165) is 4.22 Å². The molecule has 2 aliphatic rings. The Morgan fingerprint density at radius 1 is 0.957 bits per heavy atom. The first-order valence-corrected chi connectivity index (χ1v) is 9.79. The molecular weight excluding hydrogens is 361 g/mol. The Hall–Kier alpha value is -0.466. The Morgan fingerprint density at radius 3 is 2.26 bits per heavy atom. The summed E-state index contributed by atoms with van der Waals surface area (Å²) in [5.74, 6) is 0.655. The Balaban J connectivity index is 0.000000960. The smallest absolute Gasteiger partial charge is 1.00 e. The van der Waals surface area contributed by atoms with Crippen molar-refractivity contribution in [3.63, 3.8) is 0 Å². The van der Waals surface area contributed by atoms with Crippen molar-refractivity contribution in [1.82, 2.24) is 0 Å². The standard InChI is InChI=1S/C19H21N.2ClH.Ti/c1-5-13-14-9-6-7-10-15(14)16-11-8-12-17(18(13)16)20-19(2,3)4;;;/h5-13,20H,1H2,2-4H3;2*1H;/q;;;+2/p-2. The van der Waals surface area contributed by atoms with E-state index in [1.165, 1.54) is 21.5 Å². The fraction of sp³-hybridized carbons (Fsp3) is 0.368. The van der Waals surface area contributed by atoms with Crippen molar-refractivity contribution in [2.24, 2.45) is 0 Å². The topological polar surface area (TPSA) is 12.0 Å². The number of benzene rings is 2. The molecule has 4 heteroatoms. The van der Waals surface area contributed by atoms with Gasteiger partial charge in [0, 0.05) is 0 Å². The molecule has 2 aromatic carbocycles. The van der Waals surface area contributed by atoms with E-state index in [-0.39, 0.29) is 30.4 Å². The molecule has 0 amide bonds. The molecule has 0 spiro atoms. The van der Waals surface area contributed by atoms with E-state index in [0.29, 0.717) is 25.1 Å². The van der Waals surface area contributed by atoms with Gasteiger partial charge in [0.2, 0.25) is 0 Å². The molecule has 0 bridgehead atoms. The third-order valence-electron chi connectivity index (χ3n) is 4.36.